The first-order valence-electron chi connectivity index (χ1n) is 10.1. The highest BCUT2D eigenvalue weighted by Gasteiger charge is 2.46. The molecule has 0 radical (unpaired) electrons. The average Bonchev–Trinajstić information content (AvgIpc) is 3.33. The van der Waals surface area contributed by atoms with E-state index >= 15 is 0 Å². The molecule has 1 aliphatic rings. The zero-order valence-electron chi connectivity index (χ0n) is 17.8. The molecular weight excluding hydrogens is 478 g/mol. The summed E-state index contributed by atoms with van der Waals surface area (Å²) < 4.78 is 77.9. The van der Waals surface area contributed by atoms with Crippen molar-refractivity contribution in [2.75, 3.05) is 11.1 Å². The summed E-state index contributed by atoms with van der Waals surface area (Å²) in [6.45, 7) is 1.59. The van der Waals surface area contributed by atoms with Gasteiger partial charge in [-0.1, -0.05) is 6.07 Å². The minimum absolute atomic E-state index is 0.0103. The summed E-state index contributed by atoms with van der Waals surface area (Å²) in [5.74, 6) is -1.62. The van der Waals surface area contributed by atoms with Crippen molar-refractivity contribution >= 4 is 21.4 Å². The number of nitrogens with zero attached hydrogens (tertiary/aromatic N) is 4. The maximum absolute atomic E-state index is 14.7. The number of nitrogens with one attached hydrogen (secondary N) is 1. The molecule has 0 spiro atoms. The predicted molar refractivity (Wildman–Crippen MR) is 113 cm³/mol. The molecule has 0 unspecified atom stereocenters. The van der Waals surface area contributed by atoms with Crippen molar-refractivity contribution in [3.05, 3.63) is 65.9 Å². The van der Waals surface area contributed by atoms with Gasteiger partial charge in [-0.15, -0.1) is 0 Å². The highest BCUT2D eigenvalue weighted by atomic mass is 32.2. The minimum Gasteiger partial charge on any atom is -0.324 e. The summed E-state index contributed by atoms with van der Waals surface area (Å²) in [5, 5.41) is 2.37. The van der Waals surface area contributed by atoms with E-state index in [1.165, 1.54) is 29.4 Å². The van der Waals surface area contributed by atoms with Gasteiger partial charge in [0.05, 0.1) is 35.4 Å². The molecule has 1 atom stereocenters. The molecule has 8 nitrogen and oxygen atoms in total. The number of amides is 1. The number of pyridine rings is 2. The number of anilines is 1. The van der Waals surface area contributed by atoms with E-state index in [4.69, 9.17) is 0 Å². The third-order valence-corrected chi connectivity index (χ3v) is 8.28. The van der Waals surface area contributed by atoms with Crippen molar-refractivity contribution in [1.29, 1.82) is 0 Å². The van der Waals surface area contributed by atoms with Crippen LogP contribution >= 0.6 is 0 Å². The Morgan fingerprint density at radius 3 is 2.68 bits per heavy atom. The minimum atomic E-state index is -4.64. The number of carbonyl (C=O) groups excluding carboxylic acids is 1. The molecule has 0 saturated carbocycles. The normalized spacial score (nSPS) is 19.8. The van der Waals surface area contributed by atoms with E-state index in [-0.39, 0.29) is 28.6 Å². The van der Waals surface area contributed by atoms with Gasteiger partial charge in [0, 0.05) is 12.3 Å². The lowest BCUT2D eigenvalue weighted by atomic mass is 10.0. The van der Waals surface area contributed by atoms with Crippen molar-refractivity contribution in [3.63, 3.8) is 0 Å². The van der Waals surface area contributed by atoms with E-state index in [0.29, 0.717) is 12.8 Å². The molecule has 4 heterocycles. The van der Waals surface area contributed by atoms with Crippen LogP contribution in [0.1, 0.15) is 36.8 Å². The van der Waals surface area contributed by atoms with Crippen LogP contribution in [0.5, 0.6) is 0 Å². The first kappa shape index (κ1) is 23.8. The maximum atomic E-state index is 14.7. The van der Waals surface area contributed by atoms with Gasteiger partial charge in [0.15, 0.2) is 21.5 Å². The van der Waals surface area contributed by atoms with Crippen LogP contribution in [0.25, 0.3) is 5.82 Å². The van der Waals surface area contributed by atoms with E-state index in [1.54, 1.807) is 6.92 Å². The second-order valence-corrected chi connectivity index (χ2v) is 10.6. The van der Waals surface area contributed by atoms with Gasteiger partial charge in [-0.3, -0.25) is 9.36 Å². The fraction of sp³-hybridized carbons (Fsp3) is 0.333. The van der Waals surface area contributed by atoms with Gasteiger partial charge in [0.25, 0.3) is 0 Å². The van der Waals surface area contributed by atoms with Gasteiger partial charge in [-0.05, 0) is 31.9 Å². The second kappa shape index (κ2) is 8.46. The summed E-state index contributed by atoms with van der Waals surface area (Å²) in [6.07, 6.45) is -0.323. The lowest BCUT2D eigenvalue weighted by molar-refractivity contribution is -0.141. The Labute approximate surface area is 192 Å². The average molecular weight is 497 g/mol. The maximum Gasteiger partial charge on any atom is 0.433 e. The fourth-order valence-corrected chi connectivity index (χ4v) is 5.63. The second-order valence-electron chi connectivity index (χ2n) is 8.09. The monoisotopic (exact) mass is 497 g/mol. The number of alkyl halides is 3. The summed E-state index contributed by atoms with van der Waals surface area (Å²) in [6, 6.07) is 4.21. The third kappa shape index (κ3) is 4.52. The third-order valence-electron chi connectivity index (χ3n) is 5.67. The Morgan fingerprint density at radius 1 is 1.26 bits per heavy atom. The van der Waals surface area contributed by atoms with Gasteiger partial charge >= 0.3 is 6.18 Å². The van der Waals surface area contributed by atoms with Gasteiger partial charge in [0.2, 0.25) is 5.91 Å². The Hall–Kier alpha value is -3.35. The highest BCUT2D eigenvalue weighted by molar-refractivity contribution is 7.92. The van der Waals surface area contributed by atoms with E-state index in [2.05, 4.69) is 20.3 Å². The van der Waals surface area contributed by atoms with Crippen LogP contribution in [0.15, 0.2) is 43.0 Å². The summed E-state index contributed by atoms with van der Waals surface area (Å²) >= 11 is 0. The van der Waals surface area contributed by atoms with E-state index < -0.39 is 44.6 Å². The van der Waals surface area contributed by atoms with Crippen molar-refractivity contribution in [2.45, 2.75) is 37.1 Å². The number of rotatable bonds is 5. The first-order chi connectivity index (χ1) is 15.9. The number of carbonyl (C=O) groups is 1. The van der Waals surface area contributed by atoms with Crippen LogP contribution in [0.3, 0.4) is 0 Å². The molecule has 3 aromatic rings. The number of sulfone groups is 1. The van der Waals surface area contributed by atoms with Gasteiger partial charge < -0.3 is 5.32 Å². The molecule has 0 bridgehead atoms. The van der Waals surface area contributed by atoms with E-state index in [0.717, 1.165) is 18.2 Å². The Balaban J connectivity index is 1.48. The SMILES string of the molecule is C[C@]1(c2cn(-c3ncc(NC(=O)Cc4cccc(C(F)(F)F)n4)cc3F)cn2)CCCS1(=O)=O. The number of halogens is 4. The van der Waals surface area contributed by atoms with Crippen LogP contribution < -0.4 is 5.32 Å². The van der Waals surface area contributed by atoms with Gasteiger partial charge in [-0.2, -0.15) is 13.2 Å². The fourth-order valence-electron chi connectivity index (χ4n) is 3.77. The molecule has 180 valence electrons. The molecule has 3 aromatic heterocycles. The van der Waals surface area contributed by atoms with Crippen molar-refractivity contribution in [1.82, 2.24) is 19.5 Å². The molecule has 1 saturated heterocycles. The largest absolute Gasteiger partial charge is 0.433 e. The molecule has 1 N–H and O–H groups in total. The molecule has 13 heteroatoms. The smallest absolute Gasteiger partial charge is 0.324 e. The summed E-state index contributed by atoms with van der Waals surface area (Å²) in [4.78, 5) is 23.7. The number of hydrogen-bond acceptors (Lipinski definition) is 6. The van der Waals surface area contributed by atoms with Gasteiger partial charge in [-0.25, -0.2) is 27.8 Å². The molecule has 34 heavy (non-hydrogen) atoms. The van der Waals surface area contributed by atoms with Crippen LogP contribution in [0.2, 0.25) is 0 Å². The zero-order chi connectivity index (χ0) is 24.7. The Bertz CT molecular complexity index is 1360. The summed E-state index contributed by atoms with van der Waals surface area (Å²) in [7, 11) is -3.38. The molecule has 1 amide bonds. The zero-order valence-corrected chi connectivity index (χ0v) is 18.6. The molecule has 4 rings (SSSR count). The number of hydrogen-bond donors (Lipinski definition) is 1. The lowest BCUT2D eigenvalue weighted by Crippen LogP contribution is -2.28. The number of imidazole rings is 1. The van der Waals surface area contributed by atoms with E-state index in [9.17, 15) is 30.8 Å². The number of aromatic nitrogens is 4. The van der Waals surface area contributed by atoms with Crippen molar-refractivity contribution < 1.29 is 30.8 Å². The van der Waals surface area contributed by atoms with Crippen LogP contribution in [-0.2, 0) is 32.0 Å². The van der Waals surface area contributed by atoms with E-state index in [1.807, 2.05) is 0 Å². The topological polar surface area (TPSA) is 107 Å². The first-order valence-corrected chi connectivity index (χ1v) is 11.8. The molecular formula is C21H19F4N5O3S. The Morgan fingerprint density at radius 2 is 2.03 bits per heavy atom. The highest BCUT2D eigenvalue weighted by Crippen LogP contribution is 2.40. The molecule has 0 aromatic carbocycles. The quantitative estimate of drug-likeness (QED) is 0.542. The predicted octanol–water partition coefficient (Wildman–Crippen LogP) is 3.43. The Kier molecular flexibility index (Phi) is 5.92. The summed E-state index contributed by atoms with van der Waals surface area (Å²) in [5.41, 5.74) is -0.937. The molecule has 1 fully saturated rings. The standard InChI is InChI=1S/C21H19F4N5O3S/c1-20(6-3-7-34(20,32)33)17-11-30(12-27-17)19-15(22)8-14(10-26-19)29-18(31)9-13-4-2-5-16(28-13)21(23,24)25/h2,4-5,8,10-12H,3,6-7,9H2,1H3,(H,29,31)/t20-/m1/s1. The van der Waals surface area contributed by atoms with Crippen LogP contribution in [0, 0.1) is 5.82 Å². The van der Waals surface area contributed by atoms with Crippen molar-refractivity contribution in [2.24, 2.45) is 0 Å². The van der Waals surface area contributed by atoms with Crippen molar-refractivity contribution in [3.8, 4) is 5.82 Å². The van der Waals surface area contributed by atoms with Crippen LogP contribution in [-0.4, -0.2) is 39.6 Å². The van der Waals surface area contributed by atoms with Crippen LogP contribution in [0.4, 0.5) is 23.2 Å². The molecule has 1 aliphatic heterocycles. The van der Waals surface area contributed by atoms with Gasteiger partial charge in [0.1, 0.15) is 16.8 Å². The molecule has 0 aliphatic carbocycles. The lowest BCUT2D eigenvalue weighted by Gasteiger charge is -2.19.